The molecule has 0 saturated heterocycles. The molecule has 1 fully saturated rings. The molecule has 14 heavy (non-hydrogen) atoms. The summed E-state index contributed by atoms with van der Waals surface area (Å²) in [6.45, 7) is 10.6. The van der Waals surface area contributed by atoms with Gasteiger partial charge in [0.15, 0.2) is 0 Å². The quantitative estimate of drug-likeness (QED) is 0.657. The lowest BCUT2D eigenvalue weighted by Gasteiger charge is -2.27. The SMILES string of the molecule is CCCNC(CC(C)CC)C1(C)CC1. The monoisotopic (exact) mass is 197 g/mol. The lowest BCUT2D eigenvalue weighted by atomic mass is 9.89. The van der Waals surface area contributed by atoms with Crippen molar-refractivity contribution in [1.29, 1.82) is 0 Å². The van der Waals surface area contributed by atoms with Crippen molar-refractivity contribution in [2.45, 2.75) is 65.8 Å². The van der Waals surface area contributed by atoms with E-state index in [1.807, 2.05) is 0 Å². The molecule has 2 unspecified atom stereocenters. The van der Waals surface area contributed by atoms with Crippen LogP contribution in [0.4, 0.5) is 0 Å². The smallest absolute Gasteiger partial charge is 0.0123 e. The Morgan fingerprint density at radius 2 is 1.93 bits per heavy atom. The zero-order chi connectivity index (χ0) is 10.6. The minimum absolute atomic E-state index is 0.638. The molecule has 1 aliphatic carbocycles. The van der Waals surface area contributed by atoms with E-state index in [9.17, 15) is 0 Å². The predicted octanol–water partition coefficient (Wildman–Crippen LogP) is 3.59. The standard InChI is InChI=1S/C13H27N/c1-5-9-14-12(10-11(3)6-2)13(4)7-8-13/h11-12,14H,5-10H2,1-4H3. The summed E-state index contributed by atoms with van der Waals surface area (Å²) in [5, 5.41) is 3.74. The van der Waals surface area contributed by atoms with E-state index in [0.717, 1.165) is 12.0 Å². The van der Waals surface area contributed by atoms with Crippen LogP contribution < -0.4 is 5.32 Å². The Morgan fingerprint density at radius 1 is 1.29 bits per heavy atom. The highest BCUT2D eigenvalue weighted by Gasteiger charge is 2.44. The second kappa shape index (κ2) is 5.16. The second-order valence-electron chi connectivity index (χ2n) is 5.41. The van der Waals surface area contributed by atoms with Gasteiger partial charge in [0.1, 0.15) is 0 Å². The van der Waals surface area contributed by atoms with Crippen molar-refractivity contribution >= 4 is 0 Å². The highest BCUT2D eigenvalue weighted by Crippen LogP contribution is 2.49. The van der Waals surface area contributed by atoms with Crippen molar-refractivity contribution < 1.29 is 0 Å². The van der Waals surface area contributed by atoms with E-state index in [4.69, 9.17) is 0 Å². The maximum absolute atomic E-state index is 3.74. The third kappa shape index (κ3) is 3.27. The fourth-order valence-corrected chi connectivity index (χ4v) is 2.05. The Bertz CT molecular complexity index is 161. The number of hydrogen-bond acceptors (Lipinski definition) is 1. The summed E-state index contributed by atoms with van der Waals surface area (Å²) in [5.41, 5.74) is 0.638. The molecule has 0 aromatic heterocycles. The van der Waals surface area contributed by atoms with E-state index in [1.165, 1.54) is 38.6 Å². The third-order valence-corrected chi connectivity index (χ3v) is 3.86. The molecule has 2 atom stereocenters. The fraction of sp³-hybridized carbons (Fsp3) is 1.00. The molecule has 0 heterocycles. The Hall–Kier alpha value is -0.0400. The van der Waals surface area contributed by atoms with Crippen LogP contribution in [0.5, 0.6) is 0 Å². The molecule has 0 bridgehead atoms. The maximum atomic E-state index is 3.74. The van der Waals surface area contributed by atoms with Gasteiger partial charge >= 0.3 is 0 Å². The minimum Gasteiger partial charge on any atom is -0.313 e. The lowest BCUT2D eigenvalue weighted by Crippen LogP contribution is -2.38. The fourth-order valence-electron chi connectivity index (χ4n) is 2.05. The normalized spacial score (nSPS) is 23.1. The van der Waals surface area contributed by atoms with E-state index >= 15 is 0 Å². The van der Waals surface area contributed by atoms with Crippen LogP contribution in [0.1, 0.15) is 59.8 Å². The Balaban J connectivity index is 2.37. The van der Waals surface area contributed by atoms with Crippen LogP contribution in [0.25, 0.3) is 0 Å². The first-order chi connectivity index (χ1) is 6.62. The summed E-state index contributed by atoms with van der Waals surface area (Å²) >= 11 is 0. The zero-order valence-corrected chi connectivity index (χ0v) is 10.4. The molecule has 0 amide bonds. The maximum Gasteiger partial charge on any atom is 0.0123 e. The Kier molecular flexibility index (Phi) is 4.43. The molecule has 0 spiro atoms. The van der Waals surface area contributed by atoms with Gasteiger partial charge in [0.25, 0.3) is 0 Å². The van der Waals surface area contributed by atoms with Crippen LogP contribution in [-0.4, -0.2) is 12.6 Å². The first-order valence-electron chi connectivity index (χ1n) is 6.35. The molecule has 0 aliphatic heterocycles. The number of hydrogen-bond donors (Lipinski definition) is 1. The molecule has 0 aromatic rings. The van der Waals surface area contributed by atoms with Crippen molar-refractivity contribution in [3.63, 3.8) is 0 Å². The van der Waals surface area contributed by atoms with Crippen LogP contribution in [0, 0.1) is 11.3 Å². The summed E-state index contributed by atoms with van der Waals surface area (Å²) in [7, 11) is 0. The first-order valence-corrected chi connectivity index (χ1v) is 6.35. The van der Waals surface area contributed by atoms with Crippen LogP contribution in [0.15, 0.2) is 0 Å². The van der Waals surface area contributed by atoms with E-state index in [-0.39, 0.29) is 0 Å². The van der Waals surface area contributed by atoms with Crippen molar-refractivity contribution in [1.82, 2.24) is 5.32 Å². The molecule has 1 rings (SSSR count). The zero-order valence-electron chi connectivity index (χ0n) is 10.4. The van der Waals surface area contributed by atoms with Gasteiger partial charge in [-0.05, 0) is 43.6 Å². The average Bonchev–Trinajstić information content (AvgIpc) is 2.91. The van der Waals surface area contributed by atoms with Crippen molar-refractivity contribution in [2.24, 2.45) is 11.3 Å². The van der Waals surface area contributed by atoms with Gasteiger partial charge in [-0.25, -0.2) is 0 Å². The van der Waals surface area contributed by atoms with Crippen molar-refractivity contribution in [3.8, 4) is 0 Å². The Morgan fingerprint density at radius 3 is 2.36 bits per heavy atom. The molecule has 1 nitrogen and oxygen atoms in total. The summed E-state index contributed by atoms with van der Waals surface area (Å²) < 4.78 is 0. The van der Waals surface area contributed by atoms with Crippen LogP contribution in [0.3, 0.4) is 0 Å². The lowest BCUT2D eigenvalue weighted by molar-refractivity contribution is 0.294. The summed E-state index contributed by atoms with van der Waals surface area (Å²) in [4.78, 5) is 0. The van der Waals surface area contributed by atoms with Gasteiger partial charge in [0, 0.05) is 6.04 Å². The predicted molar refractivity (Wildman–Crippen MR) is 63.5 cm³/mol. The minimum atomic E-state index is 0.638. The largest absolute Gasteiger partial charge is 0.313 e. The van der Waals surface area contributed by atoms with E-state index in [0.29, 0.717) is 5.41 Å². The van der Waals surface area contributed by atoms with Crippen LogP contribution in [-0.2, 0) is 0 Å². The first kappa shape index (κ1) is 12.0. The molecule has 0 radical (unpaired) electrons. The third-order valence-electron chi connectivity index (χ3n) is 3.86. The highest BCUT2D eigenvalue weighted by atomic mass is 14.9. The molecule has 1 heteroatoms. The van der Waals surface area contributed by atoms with Gasteiger partial charge in [-0.3, -0.25) is 0 Å². The van der Waals surface area contributed by atoms with Gasteiger partial charge in [0.05, 0.1) is 0 Å². The van der Waals surface area contributed by atoms with Gasteiger partial charge in [-0.1, -0.05) is 34.1 Å². The van der Waals surface area contributed by atoms with Gasteiger partial charge in [-0.2, -0.15) is 0 Å². The van der Waals surface area contributed by atoms with Crippen LogP contribution in [0.2, 0.25) is 0 Å². The molecule has 1 aliphatic rings. The molecule has 1 saturated carbocycles. The van der Waals surface area contributed by atoms with Crippen LogP contribution >= 0.6 is 0 Å². The Labute approximate surface area is 89.7 Å². The van der Waals surface area contributed by atoms with Crippen molar-refractivity contribution in [3.05, 3.63) is 0 Å². The number of rotatable bonds is 7. The van der Waals surface area contributed by atoms with E-state index in [2.05, 4.69) is 33.0 Å². The molecule has 1 N–H and O–H groups in total. The summed E-state index contributed by atoms with van der Waals surface area (Å²) in [5.74, 6) is 0.877. The number of nitrogens with one attached hydrogen (secondary N) is 1. The summed E-state index contributed by atoms with van der Waals surface area (Å²) in [6, 6.07) is 0.775. The van der Waals surface area contributed by atoms with Gasteiger partial charge < -0.3 is 5.32 Å². The van der Waals surface area contributed by atoms with E-state index in [1.54, 1.807) is 0 Å². The molecular weight excluding hydrogens is 170 g/mol. The van der Waals surface area contributed by atoms with Crippen molar-refractivity contribution in [2.75, 3.05) is 6.54 Å². The van der Waals surface area contributed by atoms with Gasteiger partial charge in [0.2, 0.25) is 0 Å². The molecule has 0 aromatic carbocycles. The molecular formula is C13H27N. The van der Waals surface area contributed by atoms with Gasteiger partial charge in [-0.15, -0.1) is 0 Å². The topological polar surface area (TPSA) is 12.0 Å². The summed E-state index contributed by atoms with van der Waals surface area (Å²) in [6.07, 6.45) is 6.82. The second-order valence-corrected chi connectivity index (χ2v) is 5.41. The highest BCUT2D eigenvalue weighted by molar-refractivity contribution is 4.98. The van der Waals surface area contributed by atoms with E-state index < -0.39 is 0 Å². The molecule has 84 valence electrons. The average molecular weight is 197 g/mol.